The Morgan fingerprint density at radius 3 is 2.57 bits per heavy atom. The molecule has 0 aliphatic heterocycles. The van der Waals surface area contributed by atoms with Gasteiger partial charge in [0.25, 0.3) is 0 Å². The average molecular weight is 291 g/mol. The molecule has 0 aromatic heterocycles. The maximum absolute atomic E-state index is 11.8. The fourth-order valence-corrected chi connectivity index (χ4v) is 1.75. The highest BCUT2D eigenvalue weighted by Crippen LogP contribution is 2.19. The number of nitrogens with one attached hydrogen (secondary N) is 1. The molecule has 0 saturated carbocycles. The molecule has 0 saturated heterocycles. The van der Waals surface area contributed by atoms with Gasteiger partial charge in [-0.1, -0.05) is 6.08 Å². The van der Waals surface area contributed by atoms with Gasteiger partial charge in [0.15, 0.2) is 0 Å². The van der Waals surface area contributed by atoms with Crippen molar-refractivity contribution in [2.45, 2.75) is 6.42 Å². The Morgan fingerprint density at radius 2 is 2.05 bits per heavy atom. The number of hydrogen-bond donors (Lipinski definition) is 2. The molecule has 0 heterocycles. The van der Waals surface area contributed by atoms with E-state index in [0.29, 0.717) is 13.1 Å². The number of methoxy groups -OCH3 is 1. The zero-order chi connectivity index (χ0) is 15.7. The molecule has 0 bridgehead atoms. The van der Waals surface area contributed by atoms with Crippen molar-refractivity contribution >= 4 is 17.5 Å². The summed E-state index contributed by atoms with van der Waals surface area (Å²) in [5.41, 5.74) is 6.00. The second-order valence-electron chi connectivity index (χ2n) is 4.43. The second kappa shape index (κ2) is 8.63. The van der Waals surface area contributed by atoms with Crippen molar-refractivity contribution in [2.75, 3.05) is 31.6 Å². The zero-order valence-electron chi connectivity index (χ0n) is 12.2. The normalized spacial score (nSPS) is 9.76. The van der Waals surface area contributed by atoms with Crippen LogP contribution >= 0.6 is 0 Å². The van der Waals surface area contributed by atoms with Gasteiger partial charge in [-0.3, -0.25) is 9.59 Å². The molecule has 0 unspecified atom stereocenters. The van der Waals surface area contributed by atoms with E-state index in [1.54, 1.807) is 30.2 Å². The Hall–Kier alpha value is -2.50. The highest BCUT2D eigenvalue weighted by molar-refractivity contribution is 5.82. The van der Waals surface area contributed by atoms with Crippen LogP contribution in [-0.2, 0) is 9.59 Å². The number of rotatable bonds is 9. The predicted octanol–water partition coefficient (Wildman–Crippen LogP) is 0.679. The number of ether oxygens (including phenoxy) is 1. The lowest BCUT2D eigenvalue weighted by Gasteiger charge is -2.23. The summed E-state index contributed by atoms with van der Waals surface area (Å²) in [5, 5.41) is 2.70. The van der Waals surface area contributed by atoms with Gasteiger partial charge >= 0.3 is 0 Å². The zero-order valence-corrected chi connectivity index (χ0v) is 12.2. The number of hydrogen-bond acceptors (Lipinski definition) is 4. The van der Waals surface area contributed by atoms with Gasteiger partial charge in [-0.15, -0.1) is 6.58 Å². The van der Waals surface area contributed by atoms with Crippen LogP contribution in [0, 0.1) is 0 Å². The molecular weight excluding hydrogens is 270 g/mol. The number of nitrogens with zero attached hydrogens (tertiary/aromatic N) is 1. The Kier molecular flexibility index (Phi) is 6.80. The fraction of sp³-hybridized carbons (Fsp3) is 0.333. The highest BCUT2D eigenvalue weighted by Gasteiger charge is 2.12. The van der Waals surface area contributed by atoms with Gasteiger partial charge in [0.2, 0.25) is 11.8 Å². The van der Waals surface area contributed by atoms with Crippen LogP contribution in [0.1, 0.15) is 6.42 Å². The minimum absolute atomic E-state index is 0.143. The molecule has 1 rings (SSSR count). The monoisotopic (exact) mass is 291 g/mol. The van der Waals surface area contributed by atoms with Gasteiger partial charge in [-0.05, 0) is 24.3 Å². The van der Waals surface area contributed by atoms with Crippen molar-refractivity contribution in [2.24, 2.45) is 5.73 Å². The predicted molar refractivity (Wildman–Crippen MR) is 82.2 cm³/mol. The van der Waals surface area contributed by atoms with E-state index >= 15 is 0 Å². The summed E-state index contributed by atoms with van der Waals surface area (Å²) in [6.07, 6.45) is 1.79. The lowest BCUT2D eigenvalue weighted by molar-refractivity contribution is -0.120. The molecule has 0 atom stereocenters. The average Bonchev–Trinajstić information content (AvgIpc) is 2.49. The summed E-state index contributed by atoms with van der Waals surface area (Å²) in [6, 6.07) is 7.27. The summed E-state index contributed by atoms with van der Waals surface area (Å²) >= 11 is 0. The molecule has 3 N–H and O–H groups in total. The van der Waals surface area contributed by atoms with Crippen LogP contribution in [0.15, 0.2) is 36.9 Å². The summed E-state index contributed by atoms with van der Waals surface area (Å²) in [6.45, 7) is 4.48. The van der Waals surface area contributed by atoms with Crippen LogP contribution in [0.4, 0.5) is 5.69 Å². The molecule has 6 heteroatoms. The molecule has 6 nitrogen and oxygen atoms in total. The largest absolute Gasteiger partial charge is 0.497 e. The standard InChI is InChI=1S/C15H21N3O3/c1-3-9-17-15(20)11-18(10-8-14(16)19)12-4-6-13(21-2)7-5-12/h3-7H,1,8-11H2,2H3,(H2,16,19)(H,17,20). The SMILES string of the molecule is C=CCNC(=O)CN(CCC(N)=O)c1ccc(OC)cc1. The number of benzene rings is 1. The van der Waals surface area contributed by atoms with Crippen LogP contribution in [0.2, 0.25) is 0 Å². The van der Waals surface area contributed by atoms with Crippen LogP contribution < -0.4 is 20.7 Å². The molecular formula is C15H21N3O3. The highest BCUT2D eigenvalue weighted by atomic mass is 16.5. The second-order valence-corrected chi connectivity index (χ2v) is 4.43. The quantitative estimate of drug-likeness (QED) is 0.655. The molecule has 2 amide bonds. The Bertz CT molecular complexity index is 485. The number of carbonyl (C=O) groups is 2. The summed E-state index contributed by atoms with van der Waals surface area (Å²) in [4.78, 5) is 24.6. The summed E-state index contributed by atoms with van der Waals surface area (Å²) < 4.78 is 5.10. The third-order valence-corrected chi connectivity index (χ3v) is 2.84. The first kappa shape index (κ1) is 16.6. The van der Waals surface area contributed by atoms with Crippen molar-refractivity contribution in [1.82, 2.24) is 5.32 Å². The van der Waals surface area contributed by atoms with Gasteiger partial charge < -0.3 is 20.7 Å². The third kappa shape index (κ3) is 5.99. The van der Waals surface area contributed by atoms with E-state index < -0.39 is 5.91 Å². The minimum Gasteiger partial charge on any atom is -0.497 e. The number of carbonyl (C=O) groups excluding carboxylic acids is 2. The minimum atomic E-state index is -0.403. The van der Waals surface area contributed by atoms with E-state index in [4.69, 9.17) is 10.5 Å². The van der Waals surface area contributed by atoms with Gasteiger partial charge in [0.1, 0.15) is 5.75 Å². The first-order valence-electron chi connectivity index (χ1n) is 6.61. The van der Waals surface area contributed by atoms with E-state index in [1.165, 1.54) is 0 Å². The van der Waals surface area contributed by atoms with Gasteiger partial charge in [0.05, 0.1) is 13.7 Å². The van der Waals surface area contributed by atoms with Crippen molar-refractivity contribution < 1.29 is 14.3 Å². The molecule has 1 aromatic rings. The molecule has 0 aliphatic carbocycles. The molecule has 114 valence electrons. The van der Waals surface area contributed by atoms with Crippen LogP contribution in [0.25, 0.3) is 0 Å². The first-order chi connectivity index (χ1) is 10.1. The van der Waals surface area contributed by atoms with Gasteiger partial charge in [0, 0.05) is 25.2 Å². The Morgan fingerprint density at radius 1 is 1.38 bits per heavy atom. The summed E-state index contributed by atoms with van der Waals surface area (Å²) in [7, 11) is 1.59. The van der Waals surface area contributed by atoms with E-state index in [-0.39, 0.29) is 18.9 Å². The molecule has 0 aliphatic rings. The number of nitrogens with two attached hydrogens (primary N) is 1. The van der Waals surface area contributed by atoms with Crippen LogP contribution in [0.3, 0.4) is 0 Å². The number of primary amides is 1. The lowest BCUT2D eigenvalue weighted by atomic mass is 10.2. The maximum atomic E-state index is 11.8. The van der Waals surface area contributed by atoms with Gasteiger partial charge in [-0.25, -0.2) is 0 Å². The lowest BCUT2D eigenvalue weighted by Crippen LogP contribution is -2.38. The van der Waals surface area contributed by atoms with E-state index in [9.17, 15) is 9.59 Å². The number of anilines is 1. The van der Waals surface area contributed by atoms with E-state index in [0.717, 1.165) is 11.4 Å². The van der Waals surface area contributed by atoms with Crippen LogP contribution in [0.5, 0.6) is 5.75 Å². The Balaban J connectivity index is 2.76. The Labute approximate surface area is 124 Å². The van der Waals surface area contributed by atoms with Crippen molar-refractivity contribution in [3.8, 4) is 5.75 Å². The third-order valence-electron chi connectivity index (χ3n) is 2.84. The fourth-order valence-electron chi connectivity index (χ4n) is 1.75. The van der Waals surface area contributed by atoms with Gasteiger partial charge in [-0.2, -0.15) is 0 Å². The van der Waals surface area contributed by atoms with E-state index in [2.05, 4.69) is 11.9 Å². The smallest absolute Gasteiger partial charge is 0.239 e. The molecule has 0 fully saturated rings. The van der Waals surface area contributed by atoms with Crippen molar-refractivity contribution in [3.05, 3.63) is 36.9 Å². The topological polar surface area (TPSA) is 84.7 Å². The van der Waals surface area contributed by atoms with Crippen molar-refractivity contribution in [1.29, 1.82) is 0 Å². The van der Waals surface area contributed by atoms with Crippen LogP contribution in [-0.4, -0.2) is 38.6 Å². The summed E-state index contributed by atoms with van der Waals surface area (Å²) in [5.74, 6) is 0.180. The molecule has 1 aromatic carbocycles. The first-order valence-corrected chi connectivity index (χ1v) is 6.61. The van der Waals surface area contributed by atoms with E-state index in [1.807, 2.05) is 12.1 Å². The molecule has 21 heavy (non-hydrogen) atoms. The molecule has 0 spiro atoms. The number of amides is 2. The maximum Gasteiger partial charge on any atom is 0.239 e. The molecule has 0 radical (unpaired) electrons. The van der Waals surface area contributed by atoms with Crippen molar-refractivity contribution in [3.63, 3.8) is 0 Å².